The summed E-state index contributed by atoms with van der Waals surface area (Å²) in [7, 11) is 0. The third kappa shape index (κ3) is 5.05. The van der Waals surface area contributed by atoms with Gasteiger partial charge in [-0.1, -0.05) is 27.7 Å². The number of ether oxygens (including phenoxy) is 1. The zero-order valence-electron chi connectivity index (χ0n) is 11.8. The van der Waals surface area contributed by atoms with E-state index in [0.29, 0.717) is 18.3 Å². The lowest BCUT2D eigenvalue weighted by Crippen LogP contribution is -2.22. The molecule has 0 amide bonds. The van der Waals surface area contributed by atoms with Crippen LogP contribution in [0.3, 0.4) is 0 Å². The minimum atomic E-state index is -0.237. The maximum absolute atomic E-state index is 13.5. The second-order valence-electron chi connectivity index (χ2n) is 4.89. The summed E-state index contributed by atoms with van der Waals surface area (Å²) in [5.74, 6) is 0.392. The molecule has 102 valence electrons. The smallest absolute Gasteiger partial charge is 0.127 e. The second kappa shape index (κ2) is 7.37. The van der Waals surface area contributed by atoms with Crippen molar-refractivity contribution in [2.75, 3.05) is 0 Å². The molecule has 0 heterocycles. The van der Waals surface area contributed by atoms with Crippen LogP contribution >= 0.6 is 0 Å². The average molecular weight is 253 g/mol. The molecule has 0 spiro atoms. The fourth-order valence-electron chi connectivity index (χ4n) is 1.76. The summed E-state index contributed by atoms with van der Waals surface area (Å²) in [6, 6.07) is 5.31. The van der Waals surface area contributed by atoms with Crippen molar-refractivity contribution in [3.63, 3.8) is 0 Å². The van der Waals surface area contributed by atoms with E-state index in [-0.39, 0.29) is 11.9 Å². The van der Waals surface area contributed by atoms with Crippen LogP contribution in [0.25, 0.3) is 0 Å². The Balaban J connectivity index is 2.73. The number of hydrogen-bond acceptors (Lipinski definition) is 2. The van der Waals surface area contributed by atoms with Gasteiger partial charge in [-0.3, -0.25) is 0 Å². The van der Waals surface area contributed by atoms with Crippen LogP contribution < -0.4 is 10.1 Å². The number of benzene rings is 1. The average Bonchev–Trinajstić information content (AvgIpc) is 2.33. The molecule has 2 nitrogen and oxygen atoms in total. The van der Waals surface area contributed by atoms with Crippen molar-refractivity contribution in [3.8, 4) is 5.75 Å². The van der Waals surface area contributed by atoms with Gasteiger partial charge in [0.15, 0.2) is 0 Å². The van der Waals surface area contributed by atoms with Crippen LogP contribution in [0.2, 0.25) is 0 Å². The van der Waals surface area contributed by atoms with Gasteiger partial charge in [0.1, 0.15) is 11.6 Å². The molecule has 0 aliphatic carbocycles. The Morgan fingerprint density at radius 2 is 1.83 bits per heavy atom. The van der Waals surface area contributed by atoms with Gasteiger partial charge in [0, 0.05) is 18.7 Å². The van der Waals surface area contributed by atoms with Crippen LogP contribution in [0.4, 0.5) is 4.39 Å². The number of nitrogens with one attached hydrogen (secondary N) is 1. The maximum atomic E-state index is 13.5. The predicted octanol–water partition coefficient (Wildman–Crippen LogP) is 3.89. The van der Waals surface area contributed by atoms with E-state index in [1.54, 1.807) is 6.07 Å². The number of hydrogen-bond donors (Lipinski definition) is 1. The Morgan fingerprint density at radius 3 is 2.39 bits per heavy atom. The van der Waals surface area contributed by atoms with Crippen molar-refractivity contribution in [2.24, 2.45) is 0 Å². The van der Waals surface area contributed by atoms with Crippen molar-refractivity contribution in [1.29, 1.82) is 0 Å². The van der Waals surface area contributed by atoms with Crippen molar-refractivity contribution in [3.05, 3.63) is 29.6 Å². The van der Waals surface area contributed by atoms with Gasteiger partial charge in [-0.15, -0.1) is 0 Å². The molecule has 0 aromatic heterocycles. The van der Waals surface area contributed by atoms with Gasteiger partial charge in [-0.2, -0.15) is 0 Å². The quantitative estimate of drug-likeness (QED) is 0.796. The van der Waals surface area contributed by atoms with E-state index >= 15 is 0 Å². The Labute approximate surface area is 110 Å². The van der Waals surface area contributed by atoms with E-state index in [9.17, 15) is 4.39 Å². The molecular weight excluding hydrogens is 229 g/mol. The SMILES string of the molecule is CCC(CC)Oc1cc(F)cc(CNC(C)C)c1. The lowest BCUT2D eigenvalue weighted by atomic mass is 10.2. The number of rotatable bonds is 7. The molecule has 1 aromatic rings. The molecule has 1 aromatic carbocycles. The zero-order chi connectivity index (χ0) is 13.5. The fraction of sp³-hybridized carbons (Fsp3) is 0.600. The summed E-state index contributed by atoms with van der Waals surface area (Å²) in [4.78, 5) is 0. The first-order valence-corrected chi connectivity index (χ1v) is 6.74. The normalized spacial score (nSPS) is 11.3. The number of halogens is 1. The summed E-state index contributed by atoms with van der Waals surface area (Å²) in [5.41, 5.74) is 0.921. The molecule has 1 N–H and O–H groups in total. The van der Waals surface area contributed by atoms with E-state index in [1.165, 1.54) is 6.07 Å². The Kier molecular flexibility index (Phi) is 6.13. The van der Waals surface area contributed by atoms with Gasteiger partial charge >= 0.3 is 0 Å². The molecule has 0 bridgehead atoms. The molecule has 0 saturated carbocycles. The fourth-order valence-corrected chi connectivity index (χ4v) is 1.76. The zero-order valence-corrected chi connectivity index (χ0v) is 11.8. The monoisotopic (exact) mass is 253 g/mol. The summed E-state index contributed by atoms with van der Waals surface area (Å²) < 4.78 is 19.3. The van der Waals surface area contributed by atoms with Gasteiger partial charge in [-0.05, 0) is 30.5 Å². The summed E-state index contributed by atoms with van der Waals surface area (Å²) in [6.07, 6.45) is 2.04. The minimum Gasteiger partial charge on any atom is -0.490 e. The lowest BCUT2D eigenvalue weighted by molar-refractivity contribution is 0.192. The highest BCUT2D eigenvalue weighted by Crippen LogP contribution is 2.19. The van der Waals surface area contributed by atoms with Gasteiger partial charge in [-0.25, -0.2) is 4.39 Å². The lowest BCUT2D eigenvalue weighted by Gasteiger charge is -2.17. The molecule has 1 rings (SSSR count). The Hall–Kier alpha value is -1.09. The van der Waals surface area contributed by atoms with Gasteiger partial charge < -0.3 is 10.1 Å². The van der Waals surface area contributed by atoms with Crippen molar-refractivity contribution in [1.82, 2.24) is 5.32 Å². The van der Waals surface area contributed by atoms with Crippen molar-refractivity contribution >= 4 is 0 Å². The molecule has 3 heteroatoms. The molecule has 0 aliphatic heterocycles. The first kappa shape index (κ1) is 15.0. The van der Waals surface area contributed by atoms with E-state index in [4.69, 9.17) is 4.74 Å². The highest BCUT2D eigenvalue weighted by Gasteiger charge is 2.08. The van der Waals surface area contributed by atoms with E-state index < -0.39 is 0 Å². The van der Waals surface area contributed by atoms with E-state index in [1.807, 2.05) is 6.07 Å². The van der Waals surface area contributed by atoms with Crippen LogP contribution in [0.5, 0.6) is 5.75 Å². The highest BCUT2D eigenvalue weighted by molar-refractivity contribution is 5.29. The van der Waals surface area contributed by atoms with Gasteiger partial charge in [0.05, 0.1) is 6.10 Å². The third-order valence-electron chi connectivity index (χ3n) is 2.86. The molecule has 0 unspecified atom stereocenters. The first-order chi connectivity index (χ1) is 8.55. The van der Waals surface area contributed by atoms with Crippen LogP contribution in [-0.2, 0) is 6.54 Å². The van der Waals surface area contributed by atoms with Crippen molar-refractivity contribution < 1.29 is 9.13 Å². The Bertz CT molecular complexity index is 362. The topological polar surface area (TPSA) is 21.3 Å². The third-order valence-corrected chi connectivity index (χ3v) is 2.86. The van der Waals surface area contributed by atoms with Crippen LogP contribution in [0.15, 0.2) is 18.2 Å². The van der Waals surface area contributed by atoms with Gasteiger partial charge in [0.25, 0.3) is 0 Å². The summed E-state index contributed by atoms with van der Waals surface area (Å²) in [5, 5.41) is 3.28. The maximum Gasteiger partial charge on any atom is 0.127 e. The molecule has 0 saturated heterocycles. The molecule has 0 atom stereocenters. The highest BCUT2D eigenvalue weighted by atomic mass is 19.1. The summed E-state index contributed by atoms with van der Waals surface area (Å²) in [6.45, 7) is 8.96. The minimum absolute atomic E-state index is 0.165. The van der Waals surface area contributed by atoms with Gasteiger partial charge in [0.2, 0.25) is 0 Å². The Morgan fingerprint density at radius 1 is 1.17 bits per heavy atom. The van der Waals surface area contributed by atoms with E-state index in [2.05, 4.69) is 33.0 Å². The van der Waals surface area contributed by atoms with Crippen molar-refractivity contribution in [2.45, 2.75) is 59.2 Å². The summed E-state index contributed by atoms with van der Waals surface area (Å²) >= 11 is 0. The van der Waals surface area contributed by atoms with Crippen LogP contribution in [0.1, 0.15) is 46.1 Å². The molecule has 18 heavy (non-hydrogen) atoms. The predicted molar refractivity (Wildman–Crippen MR) is 73.4 cm³/mol. The first-order valence-electron chi connectivity index (χ1n) is 6.74. The van der Waals surface area contributed by atoms with Crippen LogP contribution in [0, 0.1) is 5.82 Å². The molecule has 0 radical (unpaired) electrons. The second-order valence-corrected chi connectivity index (χ2v) is 4.89. The molecule has 0 fully saturated rings. The van der Waals surface area contributed by atoms with Crippen LogP contribution in [-0.4, -0.2) is 12.1 Å². The largest absolute Gasteiger partial charge is 0.490 e. The molecular formula is C15H24FNO. The van der Waals surface area contributed by atoms with E-state index in [0.717, 1.165) is 18.4 Å². The molecule has 0 aliphatic rings. The standard InChI is InChI=1S/C15H24FNO/c1-5-14(6-2)18-15-8-12(7-13(16)9-15)10-17-11(3)4/h7-9,11,14,17H,5-6,10H2,1-4H3.